The van der Waals surface area contributed by atoms with Gasteiger partial charge in [0.2, 0.25) is 0 Å². The molecule has 0 fully saturated rings. The minimum Gasteiger partial charge on any atom is -0.494 e. The predicted octanol–water partition coefficient (Wildman–Crippen LogP) is 5.10. The molecule has 0 atom stereocenters. The zero-order valence-electron chi connectivity index (χ0n) is 15.5. The van der Waals surface area contributed by atoms with Crippen LogP contribution in [0.25, 0.3) is 17.2 Å². The zero-order chi connectivity index (χ0) is 19.3. The zero-order valence-corrected chi connectivity index (χ0v) is 15.5. The van der Waals surface area contributed by atoms with Gasteiger partial charge in [-0.05, 0) is 41.8 Å². The summed E-state index contributed by atoms with van der Waals surface area (Å²) in [6, 6.07) is 25.6. The van der Waals surface area contributed by atoms with Gasteiger partial charge in [-0.1, -0.05) is 71.9 Å². The summed E-state index contributed by atoms with van der Waals surface area (Å²) in [7, 11) is 0. The second kappa shape index (κ2) is 7.92. The molecular weight excluding hydrogens is 350 g/mol. The Kier molecular flexibility index (Phi) is 5.02. The topological polar surface area (TPSA) is 47.9 Å². The number of carbonyl (C=O) groups excluding carboxylic acids is 1. The van der Waals surface area contributed by atoms with Crippen LogP contribution in [0.5, 0.6) is 5.75 Å². The van der Waals surface area contributed by atoms with E-state index in [0.29, 0.717) is 17.9 Å². The van der Waals surface area contributed by atoms with Crippen molar-refractivity contribution in [2.24, 2.45) is 5.16 Å². The number of rotatable bonds is 5. The maximum atomic E-state index is 12.2. The van der Waals surface area contributed by atoms with Gasteiger partial charge in [0.15, 0.2) is 0 Å². The number of benzene rings is 3. The van der Waals surface area contributed by atoms with E-state index in [2.05, 4.69) is 17.3 Å². The van der Waals surface area contributed by atoms with E-state index in [-0.39, 0.29) is 0 Å². The van der Waals surface area contributed by atoms with E-state index in [1.165, 1.54) is 0 Å². The van der Waals surface area contributed by atoms with Crippen molar-refractivity contribution in [3.63, 3.8) is 0 Å². The first-order valence-electron chi connectivity index (χ1n) is 9.15. The largest absolute Gasteiger partial charge is 0.494 e. The van der Waals surface area contributed by atoms with Crippen LogP contribution < -0.4 is 4.74 Å². The molecule has 3 aromatic carbocycles. The number of ether oxygens (including phenoxy) is 1. The second-order valence-corrected chi connectivity index (χ2v) is 6.32. The summed E-state index contributed by atoms with van der Waals surface area (Å²) in [5, 5.41) is 3.99. The van der Waals surface area contributed by atoms with Crippen molar-refractivity contribution in [3.05, 3.63) is 95.6 Å². The molecule has 138 valence electrons. The molecule has 0 radical (unpaired) electrons. The maximum absolute atomic E-state index is 12.2. The van der Waals surface area contributed by atoms with Gasteiger partial charge in [-0.3, -0.25) is 0 Å². The van der Waals surface area contributed by atoms with Crippen LogP contribution in [0.4, 0.5) is 0 Å². The van der Waals surface area contributed by atoms with Crippen LogP contribution in [0.2, 0.25) is 0 Å². The molecule has 1 aliphatic heterocycles. The van der Waals surface area contributed by atoms with Gasteiger partial charge in [0.05, 0.1) is 12.2 Å². The summed E-state index contributed by atoms with van der Waals surface area (Å²) in [5.74, 6) is 0.347. The van der Waals surface area contributed by atoms with E-state index < -0.39 is 5.97 Å². The minimum atomic E-state index is -0.448. The Hall–Kier alpha value is -3.66. The number of hydrogen-bond acceptors (Lipinski definition) is 4. The van der Waals surface area contributed by atoms with Crippen LogP contribution in [-0.4, -0.2) is 18.3 Å². The van der Waals surface area contributed by atoms with E-state index >= 15 is 0 Å². The monoisotopic (exact) mass is 369 g/mol. The van der Waals surface area contributed by atoms with E-state index in [4.69, 9.17) is 9.57 Å². The summed E-state index contributed by atoms with van der Waals surface area (Å²) >= 11 is 0. The molecule has 0 aromatic heterocycles. The lowest BCUT2D eigenvalue weighted by molar-refractivity contribution is -0.136. The average Bonchev–Trinajstić information content (AvgIpc) is 3.11. The van der Waals surface area contributed by atoms with Gasteiger partial charge in [-0.25, -0.2) is 4.79 Å². The fourth-order valence-electron chi connectivity index (χ4n) is 3.06. The van der Waals surface area contributed by atoms with Crippen molar-refractivity contribution >= 4 is 17.8 Å². The Morgan fingerprint density at radius 2 is 1.50 bits per heavy atom. The van der Waals surface area contributed by atoms with Gasteiger partial charge >= 0.3 is 5.97 Å². The van der Waals surface area contributed by atoms with Crippen LogP contribution in [0.15, 0.2) is 89.6 Å². The van der Waals surface area contributed by atoms with Crippen LogP contribution in [0.1, 0.15) is 18.1 Å². The van der Waals surface area contributed by atoms with E-state index in [1.807, 2.05) is 73.7 Å². The summed E-state index contributed by atoms with van der Waals surface area (Å²) in [4.78, 5) is 17.1. The van der Waals surface area contributed by atoms with Crippen molar-refractivity contribution in [3.8, 4) is 16.9 Å². The molecule has 0 unspecified atom stereocenters. The summed E-state index contributed by atoms with van der Waals surface area (Å²) in [6.07, 6.45) is 1.79. The van der Waals surface area contributed by atoms with Crippen molar-refractivity contribution < 1.29 is 14.4 Å². The molecule has 1 heterocycles. The second-order valence-electron chi connectivity index (χ2n) is 6.32. The fourth-order valence-corrected chi connectivity index (χ4v) is 3.06. The molecule has 0 spiro atoms. The van der Waals surface area contributed by atoms with Crippen molar-refractivity contribution in [1.82, 2.24) is 0 Å². The van der Waals surface area contributed by atoms with Crippen LogP contribution >= 0.6 is 0 Å². The molecule has 0 N–H and O–H groups in total. The molecule has 4 heteroatoms. The third kappa shape index (κ3) is 3.71. The first kappa shape index (κ1) is 17.7. The molecule has 4 nitrogen and oxygen atoms in total. The number of carbonyl (C=O) groups is 1. The van der Waals surface area contributed by atoms with E-state index in [0.717, 1.165) is 28.0 Å². The highest BCUT2D eigenvalue weighted by Gasteiger charge is 2.26. The Morgan fingerprint density at radius 3 is 2.18 bits per heavy atom. The van der Waals surface area contributed by atoms with Crippen molar-refractivity contribution in [2.45, 2.75) is 6.92 Å². The highest BCUT2D eigenvalue weighted by atomic mass is 16.7. The summed E-state index contributed by atoms with van der Waals surface area (Å²) in [6.45, 7) is 2.55. The Morgan fingerprint density at radius 1 is 0.857 bits per heavy atom. The van der Waals surface area contributed by atoms with Crippen LogP contribution in [-0.2, 0) is 9.63 Å². The van der Waals surface area contributed by atoms with Gasteiger partial charge in [0.25, 0.3) is 0 Å². The third-order valence-electron chi connectivity index (χ3n) is 4.46. The quantitative estimate of drug-likeness (QED) is 0.464. The number of oxime groups is 1. The molecule has 0 aliphatic carbocycles. The fraction of sp³-hybridized carbons (Fsp3) is 0.0833. The molecule has 4 rings (SSSR count). The van der Waals surface area contributed by atoms with E-state index in [1.54, 1.807) is 6.08 Å². The van der Waals surface area contributed by atoms with Gasteiger partial charge < -0.3 is 9.57 Å². The first-order chi connectivity index (χ1) is 13.7. The SMILES string of the molecule is CCOc1ccc(C=C2C(=O)ON=C2c2ccc(-c3ccccc3)cc2)cc1. The Labute approximate surface area is 163 Å². The van der Waals surface area contributed by atoms with Crippen LogP contribution in [0, 0.1) is 0 Å². The van der Waals surface area contributed by atoms with Gasteiger partial charge in [0, 0.05) is 5.56 Å². The third-order valence-corrected chi connectivity index (χ3v) is 4.46. The average molecular weight is 369 g/mol. The standard InChI is InChI=1S/C24H19NO3/c1-2-27-21-14-8-17(9-15-21)16-22-23(25-28-24(22)26)20-12-10-19(11-13-20)18-6-4-3-5-7-18/h3-16H,2H2,1H3. The predicted molar refractivity (Wildman–Crippen MR) is 110 cm³/mol. The molecule has 0 amide bonds. The molecular formula is C24H19NO3. The molecule has 0 saturated heterocycles. The number of nitrogens with zero attached hydrogens (tertiary/aromatic N) is 1. The Balaban J connectivity index is 1.61. The Bertz CT molecular complexity index is 1030. The smallest absolute Gasteiger partial charge is 0.368 e. The van der Waals surface area contributed by atoms with Crippen molar-refractivity contribution in [2.75, 3.05) is 6.61 Å². The van der Waals surface area contributed by atoms with Crippen molar-refractivity contribution in [1.29, 1.82) is 0 Å². The molecule has 0 saturated carbocycles. The molecule has 1 aliphatic rings. The van der Waals surface area contributed by atoms with Gasteiger partial charge in [-0.15, -0.1) is 0 Å². The first-order valence-corrected chi connectivity index (χ1v) is 9.15. The summed E-state index contributed by atoms with van der Waals surface area (Å²) < 4.78 is 5.45. The highest BCUT2D eigenvalue weighted by Crippen LogP contribution is 2.25. The van der Waals surface area contributed by atoms with Gasteiger partial charge in [-0.2, -0.15) is 0 Å². The molecule has 28 heavy (non-hydrogen) atoms. The lowest BCUT2D eigenvalue weighted by Crippen LogP contribution is -2.06. The normalized spacial score (nSPS) is 14.7. The summed E-state index contributed by atoms with van der Waals surface area (Å²) in [5.41, 5.74) is 4.94. The number of hydrogen-bond donors (Lipinski definition) is 0. The lowest BCUT2D eigenvalue weighted by atomic mass is 9.98. The highest BCUT2D eigenvalue weighted by molar-refractivity contribution is 6.31. The maximum Gasteiger partial charge on any atom is 0.368 e. The van der Waals surface area contributed by atoms with Gasteiger partial charge in [0.1, 0.15) is 11.5 Å². The lowest BCUT2D eigenvalue weighted by Gasteiger charge is -2.05. The molecule has 3 aromatic rings. The minimum absolute atomic E-state index is 0.441. The molecule has 0 bridgehead atoms. The van der Waals surface area contributed by atoms with E-state index in [9.17, 15) is 4.79 Å². The van der Waals surface area contributed by atoms with Crippen LogP contribution in [0.3, 0.4) is 0 Å².